The number of anilines is 3. The van der Waals surface area contributed by atoms with E-state index in [-0.39, 0.29) is 0 Å². The lowest BCUT2D eigenvalue weighted by Gasteiger charge is -2.33. The number of para-hydroxylation sites is 2. The lowest BCUT2D eigenvalue weighted by Crippen LogP contribution is -2.30. The Morgan fingerprint density at radius 1 is 0.381 bits per heavy atom. The molecular formula is C61H42N2. The fraction of sp³-hybridized carbons (Fsp3) is 0.0492. The summed E-state index contributed by atoms with van der Waals surface area (Å²) < 4.78 is 2.47. The summed E-state index contributed by atoms with van der Waals surface area (Å²) in [4.78, 5) is 2.49. The molecule has 0 unspecified atom stereocenters. The summed E-state index contributed by atoms with van der Waals surface area (Å²) in [6.45, 7) is 0. The fourth-order valence-corrected chi connectivity index (χ4v) is 11.2. The zero-order chi connectivity index (χ0) is 41.5. The highest BCUT2D eigenvalue weighted by atomic mass is 15.1. The van der Waals surface area contributed by atoms with Gasteiger partial charge < -0.3 is 9.47 Å². The van der Waals surface area contributed by atoms with Crippen LogP contribution in [0.1, 0.15) is 35.1 Å². The minimum absolute atomic E-state index is 0.446. The Kier molecular flexibility index (Phi) is 7.98. The van der Waals surface area contributed by atoms with Crippen molar-refractivity contribution in [1.82, 2.24) is 4.57 Å². The zero-order valence-corrected chi connectivity index (χ0v) is 34.7. The maximum Gasteiger partial charge on any atom is 0.0726 e. The summed E-state index contributed by atoms with van der Waals surface area (Å²) >= 11 is 0. The molecular weight excluding hydrogens is 761 g/mol. The maximum atomic E-state index is 2.50. The van der Waals surface area contributed by atoms with Gasteiger partial charge in [-0.25, -0.2) is 0 Å². The molecule has 2 heteroatoms. The van der Waals surface area contributed by atoms with Gasteiger partial charge in [-0.3, -0.25) is 0 Å². The molecule has 63 heavy (non-hydrogen) atoms. The van der Waals surface area contributed by atoms with Gasteiger partial charge in [-0.15, -0.1) is 0 Å². The van der Waals surface area contributed by atoms with Crippen LogP contribution < -0.4 is 15.5 Å². The van der Waals surface area contributed by atoms with Gasteiger partial charge in [-0.1, -0.05) is 176 Å². The average molecular weight is 803 g/mol. The smallest absolute Gasteiger partial charge is 0.0726 e. The van der Waals surface area contributed by atoms with Gasteiger partial charge in [-0.2, -0.15) is 0 Å². The van der Waals surface area contributed by atoms with Crippen LogP contribution in [-0.2, 0) is 5.41 Å². The molecule has 9 aromatic carbocycles. The Balaban J connectivity index is 1.08. The Hall–Kier alpha value is -7.94. The Bertz CT molecular complexity index is 3500. The Morgan fingerprint density at radius 2 is 0.952 bits per heavy atom. The molecule has 0 radical (unpaired) electrons. The van der Waals surface area contributed by atoms with Crippen molar-refractivity contribution in [3.05, 3.63) is 251 Å². The van der Waals surface area contributed by atoms with Crippen molar-refractivity contribution in [3.63, 3.8) is 0 Å². The summed E-state index contributed by atoms with van der Waals surface area (Å²) in [7, 11) is 0. The molecule has 0 saturated heterocycles. The zero-order valence-electron chi connectivity index (χ0n) is 34.7. The molecule has 0 bridgehead atoms. The van der Waals surface area contributed by atoms with Crippen LogP contribution in [0.15, 0.2) is 218 Å². The Labute approximate surface area is 367 Å². The second kappa shape index (κ2) is 14.1. The number of rotatable bonds is 6. The van der Waals surface area contributed by atoms with E-state index < -0.39 is 5.41 Å². The highest BCUT2D eigenvalue weighted by Gasteiger charge is 2.51. The predicted octanol–water partition coefficient (Wildman–Crippen LogP) is 14.1. The normalized spacial score (nSPS) is 13.7. The van der Waals surface area contributed by atoms with E-state index in [1.807, 2.05) is 0 Å². The van der Waals surface area contributed by atoms with Gasteiger partial charge in [0.15, 0.2) is 0 Å². The maximum absolute atomic E-state index is 2.50. The van der Waals surface area contributed by atoms with E-state index in [9.17, 15) is 0 Å². The number of hydrogen-bond donors (Lipinski definition) is 0. The quantitative estimate of drug-likeness (QED) is 0.163. The molecule has 1 spiro atoms. The van der Waals surface area contributed by atoms with E-state index in [2.05, 4.69) is 240 Å². The van der Waals surface area contributed by atoms with Crippen LogP contribution in [0, 0.1) is 0 Å². The first-order valence-electron chi connectivity index (χ1n) is 22.2. The van der Waals surface area contributed by atoms with E-state index in [4.69, 9.17) is 0 Å². The third kappa shape index (κ3) is 5.25. The van der Waals surface area contributed by atoms with Crippen molar-refractivity contribution in [2.45, 2.75) is 18.3 Å². The molecule has 0 N–H and O–H groups in total. The first kappa shape index (κ1) is 35.8. The fourth-order valence-electron chi connectivity index (χ4n) is 11.2. The van der Waals surface area contributed by atoms with Crippen molar-refractivity contribution in [2.24, 2.45) is 0 Å². The van der Waals surface area contributed by atoms with E-state index >= 15 is 0 Å². The van der Waals surface area contributed by atoms with Gasteiger partial charge >= 0.3 is 0 Å². The van der Waals surface area contributed by atoms with Crippen LogP contribution in [-0.4, -0.2) is 4.57 Å². The summed E-state index contributed by atoms with van der Waals surface area (Å²) in [6.07, 6.45) is 6.95. The molecule has 0 aliphatic heterocycles. The monoisotopic (exact) mass is 802 g/mol. The third-order valence-electron chi connectivity index (χ3n) is 13.8. The van der Waals surface area contributed by atoms with Crippen LogP contribution in [0.4, 0.5) is 17.1 Å². The molecule has 1 heterocycles. The van der Waals surface area contributed by atoms with Gasteiger partial charge in [0.05, 0.1) is 16.6 Å². The minimum atomic E-state index is -0.446. The van der Waals surface area contributed by atoms with E-state index in [0.717, 1.165) is 29.9 Å². The highest BCUT2D eigenvalue weighted by molar-refractivity contribution is 5.99. The highest BCUT2D eigenvalue weighted by Crippen LogP contribution is 2.63. The summed E-state index contributed by atoms with van der Waals surface area (Å²) in [5.74, 6) is 0. The van der Waals surface area contributed by atoms with Gasteiger partial charge in [0.2, 0.25) is 0 Å². The molecule has 0 saturated carbocycles. The van der Waals surface area contributed by atoms with Crippen molar-refractivity contribution in [3.8, 4) is 50.2 Å². The van der Waals surface area contributed by atoms with Crippen LogP contribution in [0.2, 0.25) is 0 Å². The predicted molar refractivity (Wildman–Crippen MR) is 263 cm³/mol. The van der Waals surface area contributed by atoms with Crippen LogP contribution in [0.25, 0.3) is 73.2 Å². The molecule has 2 nitrogen and oxygen atoms in total. The van der Waals surface area contributed by atoms with Gasteiger partial charge in [0.1, 0.15) is 0 Å². The molecule has 0 fully saturated rings. The molecule has 3 aliphatic carbocycles. The van der Waals surface area contributed by atoms with Gasteiger partial charge in [0.25, 0.3) is 0 Å². The van der Waals surface area contributed by atoms with Crippen LogP contribution in [0.5, 0.6) is 0 Å². The lowest BCUT2D eigenvalue weighted by molar-refractivity contribution is 0.793. The van der Waals surface area contributed by atoms with Gasteiger partial charge in [-0.05, 0) is 129 Å². The summed E-state index contributed by atoms with van der Waals surface area (Å²) in [5.41, 5.74) is 20.6. The number of fused-ring (bicyclic) bond motifs is 13. The van der Waals surface area contributed by atoms with Crippen LogP contribution in [0.3, 0.4) is 0 Å². The molecule has 1 aromatic heterocycles. The summed E-state index contributed by atoms with van der Waals surface area (Å²) in [6, 6.07) is 81.2. The molecule has 10 aromatic rings. The van der Waals surface area contributed by atoms with E-state index in [0.29, 0.717) is 0 Å². The SMILES string of the molecule is C1=c2c(n(-c3ccccc3)c3cc(-c4cc(-c5ccccc5)ccc4N(c4ccccc4)c4ccc5c(c4)C4(c6ccccc6-c6ccccc64)c4ccccc4-5)ccc23)=CCC1. The van der Waals surface area contributed by atoms with E-state index in [1.54, 1.807) is 0 Å². The van der Waals surface area contributed by atoms with Crippen molar-refractivity contribution < 1.29 is 0 Å². The molecule has 0 atom stereocenters. The van der Waals surface area contributed by atoms with Crippen LogP contribution >= 0.6 is 0 Å². The third-order valence-corrected chi connectivity index (χ3v) is 13.8. The molecule has 13 rings (SSSR count). The minimum Gasteiger partial charge on any atom is -0.310 e. The van der Waals surface area contributed by atoms with Gasteiger partial charge in [0, 0.05) is 38.6 Å². The number of aromatic nitrogens is 1. The van der Waals surface area contributed by atoms with E-state index in [1.165, 1.54) is 93.9 Å². The number of nitrogens with zero attached hydrogens (tertiary/aromatic N) is 2. The lowest BCUT2D eigenvalue weighted by atomic mass is 9.70. The topological polar surface area (TPSA) is 8.17 Å². The van der Waals surface area contributed by atoms with Crippen molar-refractivity contribution in [2.75, 3.05) is 4.90 Å². The Morgan fingerprint density at radius 3 is 1.63 bits per heavy atom. The average Bonchev–Trinajstić information content (AvgIpc) is 3.96. The summed E-state index contributed by atoms with van der Waals surface area (Å²) in [5, 5.41) is 3.90. The molecule has 296 valence electrons. The second-order valence-corrected chi connectivity index (χ2v) is 17.1. The number of hydrogen-bond acceptors (Lipinski definition) is 1. The second-order valence-electron chi connectivity index (χ2n) is 17.1. The molecule has 0 amide bonds. The first-order valence-corrected chi connectivity index (χ1v) is 22.2. The molecule has 3 aliphatic rings. The first-order chi connectivity index (χ1) is 31.3. The van der Waals surface area contributed by atoms with Crippen molar-refractivity contribution >= 4 is 40.1 Å². The largest absolute Gasteiger partial charge is 0.310 e. The standard InChI is InChI=1S/C61H42N2/c1-4-18-41(19-5-1)42-33-37-59(53(38-42)43-32-35-52-51-27-13-17-31-58(51)63(60(52)39-43)45-22-8-3-9-23-45)62(44-20-6-2-7-21-44)46-34-36-50-49-26-12-16-30-56(49)61(57(50)40-46)54-28-14-10-24-47(54)48-25-11-15-29-55(48)61/h1-12,14-16,18-40H,13,17H2. The van der Waals surface area contributed by atoms with Crippen molar-refractivity contribution in [1.29, 1.82) is 0 Å². The number of benzene rings is 9.